The first-order chi connectivity index (χ1) is 13.8. The number of morpholine rings is 1. The molecule has 1 atom stereocenters. The fourth-order valence-corrected chi connectivity index (χ4v) is 3.41. The van der Waals surface area contributed by atoms with E-state index in [1.165, 1.54) is 0 Å². The van der Waals surface area contributed by atoms with Crippen LogP contribution >= 0.6 is 0 Å². The lowest BCUT2D eigenvalue weighted by Gasteiger charge is -2.33. The van der Waals surface area contributed by atoms with E-state index in [4.69, 9.17) is 18.8 Å². The Bertz CT molecular complexity index is 974. The van der Waals surface area contributed by atoms with Crippen LogP contribution < -0.4 is 19.3 Å². The highest BCUT2D eigenvalue weighted by molar-refractivity contribution is 5.74. The third kappa shape index (κ3) is 3.15. The largest absolute Gasteiger partial charge is 0.486 e. The molecule has 0 amide bonds. The summed E-state index contributed by atoms with van der Waals surface area (Å²) in [6.07, 6.45) is -0.134. The van der Waals surface area contributed by atoms with E-state index in [1.807, 2.05) is 36.2 Å². The van der Waals surface area contributed by atoms with Gasteiger partial charge in [-0.1, -0.05) is 12.1 Å². The molecule has 0 radical (unpaired) electrons. The molecule has 2 aromatic heterocycles. The SMILES string of the molecule is CN(CC1COc2ccccc2O1)c1nc2nonc2nc1N1CCOCC1. The van der Waals surface area contributed by atoms with Gasteiger partial charge in [0.2, 0.25) is 11.3 Å². The molecule has 10 nitrogen and oxygen atoms in total. The summed E-state index contributed by atoms with van der Waals surface area (Å²) in [7, 11) is 1.96. The van der Waals surface area contributed by atoms with Gasteiger partial charge in [-0.15, -0.1) is 0 Å². The highest BCUT2D eigenvalue weighted by Crippen LogP contribution is 2.32. The van der Waals surface area contributed by atoms with Crippen LogP contribution in [-0.4, -0.2) is 72.9 Å². The quantitative estimate of drug-likeness (QED) is 0.651. The van der Waals surface area contributed by atoms with Crippen LogP contribution in [0.5, 0.6) is 11.5 Å². The van der Waals surface area contributed by atoms with E-state index in [-0.39, 0.29) is 6.10 Å². The van der Waals surface area contributed by atoms with Gasteiger partial charge in [-0.3, -0.25) is 0 Å². The summed E-state index contributed by atoms with van der Waals surface area (Å²) in [6.45, 7) is 3.82. The molecule has 4 heterocycles. The normalized spacial score (nSPS) is 19.0. The number of likely N-dealkylation sites (N-methyl/N-ethyl adjacent to an activating group) is 1. The van der Waals surface area contributed by atoms with E-state index in [9.17, 15) is 0 Å². The maximum absolute atomic E-state index is 6.09. The molecular formula is C18H20N6O4. The third-order valence-electron chi connectivity index (χ3n) is 4.80. The van der Waals surface area contributed by atoms with Gasteiger partial charge in [0.05, 0.1) is 19.8 Å². The molecule has 0 N–H and O–H groups in total. The van der Waals surface area contributed by atoms with Crippen molar-refractivity contribution in [1.82, 2.24) is 20.3 Å². The molecule has 0 aliphatic carbocycles. The second-order valence-electron chi connectivity index (χ2n) is 6.76. The number of benzene rings is 1. The molecule has 2 aliphatic heterocycles. The zero-order valence-corrected chi connectivity index (χ0v) is 15.4. The Morgan fingerprint density at radius 2 is 1.82 bits per heavy atom. The summed E-state index contributed by atoms with van der Waals surface area (Å²) in [5.41, 5.74) is 0.773. The lowest BCUT2D eigenvalue weighted by atomic mass is 10.2. The van der Waals surface area contributed by atoms with Gasteiger partial charge in [0, 0.05) is 20.1 Å². The van der Waals surface area contributed by atoms with E-state index in [0.717, 1.165) is 30.4 Å². The number of rotatable bonds is 4. The van der Waals surface area contributed by atoms with Crippen LogP contribution in [0.1, 0.15) is 0 Å². The topological polar surface area (TPSA) is 98.9 Å². The second kappa shape index (κ2) is 7.12. The van der Waals surface area contributed by atoms with Crippen LogP contribution in [0, 0.1) is 0 Å². The summed E-state index contributed by atoms with van der Waals surface area (Å²) in [4.78, 5) is 13.4. The smallest absolute Gasteiger partial charge is 0.245 e. The van der Waals surface area contributed by atoms with Crippen LogP contribution in [0.15, 0.2) is 28.9 Å². The zero-order chi connectivity index (χ0) is 18.9. The van der Waals surface area contributed by atoms with Gasteiger partial charge in [-0.05, 0) is 22.4 Å². The molecule has 1 unspecified atom stereocenters. The van der Waals surface area contributed by atoms with Crippen molar-refractivity contribution in [2.45, 2.75) is 6.10 Å². The van der Waals surface area contributed by atoms with Gasteiger partial charge >= 0.3 is 0 Å². The number of hydrogen-bond acceptors (Lipinski definition) is 10. The number of fused-ring (bicyclic) bond motifs is 2. The predicted molar refractivity (Wildman–Crippen MR) is 100 cm³/mol. The molecule has 10 heteroatoms. The molecule has 0 spiro atoms. The number of aromatic nitrogens is 4. The zero-order valence-electron chi connectivity index (χ0n) is 15.4. The summed E-state index contributed by atoms with van der Waals surface area (Å²) in [5, 5.41) is 7.67. The van der Waals surface area contributed by atoms with Crippen molar-refractivity contribution in [3.05, 3.63) is 24.3 Å². The Kier molecular flexibility index (Phi) is 4.32. The van der Waals surface area contributed by atoms with Crippen LogP contribution in [0.2, 0.25) is 0 Å². The van der Waals surface area contributed by atoms with Crippen LogP contribution in [-0.2, 0) is 4.74 Å². The number of hydrogen-bond donors (Lipinski definition) is 0. The number of anilines is 2. The summed E-state index contributed by atoms with van der Waals surface area (Å²) in [6, 6.07) is 7.68. The summed E-state index contributed by atoms with van der Waals surface area (Å²) >= 11 is 0. The molecular weight excluding hydrogens is 364 g/mol. The van der Waals surface area contributed by atoms with Gasteiger partial charge in [-0.25, -0.2) is 14.6 Å². The standard InChI is InChI=1S/C18H20N6O4/c1-23(10-12-11-26-13-4-2-3-5-14(13)27-12)17-18(24-6-8-25-9-7-24)20-16-15(19-17)21-28-22-16/h2-5,12H,6-11H2,1H3. The number of nitrogens with zero attached hydrogens (tertiary/aromatic N) is 6. The van der Waals surface area contributed by atoms with Crippen molar-refractivity contribution in [3.8, 4) is 11.5 Å². The molecule has 1 saturated heterocycles. The first kappa shape index (κ1) is 17.0. The minimum Gasteiger partial charge on any atom is -0.486 e. The molecule has 0 saturated carbocycles. The van der Waals surface area contributed by atoms with E-state index < -0.39 is 0 Å². The Morgan fingerprint density at radius 3 is 2.64 bits per heavy atom. The van der Waals surface area contributed by atoms with Crippen LogP contribution in [0.25, 0.3) is 11.3 Å². The minimum absolute atomic E-state index is 0.134. The van der Waals surface area contributed by atoms with Crippen molar-refractivity contribution in [3.63, 3.8) is 0 Å². The molecule has 3 aromatic rings. The van der Waals surface area contributed by atoms with Crippen LogP contribution in [0.3, 0.4) is 0 Å². The van der Waals surface area contributed by atoms with Gasteiger partial charge < -0.3 is 24.0 Å². The Morgan fingerprint density at radius 1 is 1.07 bits per heavy atom. The molecule has 0 bridgehead atoms. The maximum atomic E-state index is 6.09. The van der Waals surface area contributed by atoms with E-state index in [2.05, 4.69) is 25.2 Å². The monoisotopic (exact) mass is 384 g/mol. The van der Waals surface area contributed by atoms with Crippen molar-refractivity contribution in [2.24, 2.45) is 0 Å². The minimum atomic E-state index is -0.134. The fourth-order valence-electron chi connectivity index (χ4n) is 3.41. The van der Waals surface area contributed by atoms with Gasteiger partial charge in [0.15, 0.2) is 29.2 Å². The molecule has 146 valence electrons. The molecule has 1 fully saturated rings. The second-order valence-corrected chi connectivity index (χ2v) is 6.76. The van der Waals surface area contributed by atoms with Gasteiger partial charge in [-0.2, -0.15) is 0 Å². The maximum Gasteiger partial charge on any atom is 0.245 e. The molecule has 5 rings (SSSR count). The number of ether oxygens (including phenoxy) is 3. The predicted octanol–water partition coefficient (Wildman–Crippen LogP) is 1.13. The first-order valence-corrected chi connectivity index (χ1v) is 9.20. The van der Waals surface area contributed by atoms with Crippen LogP contribution in [0.4, 0.5) is 11.6 Å². The highest BCUT2D eigenvalue weighted by Gasteiger charge is 2.27. The molecule has 28 heavy (non-hydrogen) atoms. The van der Waals surface area contributed by atoms with E-state index in [0.29, 0.717) is 43.5 Å². The lowest BCUT2D eigenvalue weighted by molar-refractivity contribution is 0.0959. The van der Waals surface area contributed by atoms with Crippen molar-refractivity contribution in [2.75, 3.05) is 56.3 Å². The fraction of sp³-hybridized carbons (Fsp3) is 0.444. The van der Waals surface area contributed by atoms with Gasteiger partial charge in [0.1, 0.15) is 6.61 Å². The average Bonchev–Trinajstić information content (AvgIpc) is 3.21. The number of para-hydroxylation sites is 2. The van der Waals surface area contributed by atoms with Crippen molar-refractivity contribution < 1.29 is 18.8 Å². The summed E-state index contributed by atoms with van der Waals surface area (Å²) < 4.78 is 22.2. The first-order valence-electron chi connectivity index (χ1n) is 9.20. The van der Waals surface area contributed by atoms with E-state index in [1.54, 1.807) is 0 Å². The Labute approximate surface area is 161 Å². The van der Waals surface area contributed by atoms with Gasteiger partial charge in [0.25, 0.3) is 0 Å². The molecule has 1 aromatic carbocycles. The third-order valence-corrected chi connectivity index (χ3v) is 4.80. The van der Waals surface area contributed by atoms with E-state index >= 15 is 0 Å². The summed E-state index contributed by atoms with van der Waals surface area (Å²) in [5.74, 6) is 2.96. The average molecular weight is 384 g/mol. The molecule has 2 aliphatic rings. The van der Waals surface area contributed by atoms with Crippen molar-refractivity contribution >= 4 is 22.9 Å². The van der Waals surface area contributed by atoms with Crippen molar-refractivity contribution in [1.29, 1.82) is 0 Å². The lowest BCUT2D eigenvalue weighted by Crippen LogP contribution is -2.42. The highest BCUT2D eigenvalue weighted by atomic mass is 16.6. The Hall–Kier alpha value is -3.14. The Balaban J connectivity index is 1.41.